The summed E-state index contributed by atoms with van der Waals surface area (Å²) in [6, 6.07) is 3.80. The Kier molecular flexibility index (Phi) is 3.18. The molecule has 1 aromatic rings. The van der Waals surface area contributed by atoms with Crippen LogP contribution < -0.4 is 5.32 Å². The van der Waals surface area contributed by atoms with E-state index in [4.69, 9.17) is 11.6 Å². The van der Waals surface area contributed by atoms with Crippen LogP contribution in [0, 0.1) is 0 Å². The summed E-state index contributed by atoms with van der Waals surface area (Å²) >= 11 is 9.24. The summed E-state index contributed by atoms with van der Waals surface area (Å²) < 4.78 is 0.887. The number of halogens is 2. The SMILES string of the molecule is C=Cc1cc(Br)c(Cl)cc1NC. The fraction of sp³-hybridized carbons (Fsp3) is 0.111. The van der Waals surface area contributed by atoms with Gasteiger partial charge in [-0.15, -0.1) is 0 Å². The monoisotopic (exact) mass is 245 g/mol. The van der Waals surface area contributed by atoms with Gasteiger partial charge in [-0.1, -0.05) is 24.3 Å². The van der Waals surface area contributed by atoms with Crippen LogP contribution in [0.4, 0.5) is 5.69 Å². The van der Waals surface area contributed by atoms with Crippen molar-refractivity contribution in [1.29, 1.82) is 0 Å². The van der Waals surface area contributed by atoms with Gasteiger partial charge in [-0.05, 0) is 33.6 Å². The summed E-state index contributed by atoms with van der Waals surface area (Å²) in [7, 11) is 1.85. The van der Waals surface area contributed by atoms with Crippen LogP contribution in [0.5, 0.6) is 0 Å². The highest BCUT2D eigenvalue weighted by molar-refractivity contribution is 9.10. The normalized spacial score (nSPS) is 9.58. The van der Waals surface area contributed by atoms with E-state index in [0.29, 0.717) is 5.02 Å². The lowest BCUT2D eigenvalue weighted by Gasteiger charge is -2.06. The van der Waals surface area contributed by atoms with Crippen LogP contribution in [0.25, 0.3) is 6.08 Å². The average molecular weight is 247 g/mol. The van der Waals surface area contributed by atoms with Gasteiger partial charge in [-0.3, -0.25) is 0 Å². The van der Waals surface area contributed by atoms with Gasteiger partial charge in [0.2, 0.25) is 0 Å². The Balaban J connectivity index is 3.28. The molecule has 1 rings (SSSR count). The third-order valence-corrected chi connectivity index (χ3v) is 2.78. The van der Waals surface area contributed by atoms with E-state index in [1.165, 1.54) is 0 Å². The molecule has 0 spiro atoms. The molecule has 1 N–H and O–H groups in total. The maximum atomic E-state index is 5.90. The fourth-order valence-electron chi connectivity index (χ4n) is 0.948. The van der Waals surface area contributed by atoms with Crippen LogP contribution in [0.2, 0.25) is 5.02 Å². The lowest BCUT2D eigenvalue weighted by atomic mass is 10.2. The zero-order valence-corrected chi connectivity index (χ0v) is 9.04. The maximum absolute atomic E-state index is 5.90. The first-order valence-corrected chi connectivity index (χ1v) is 4.65. The van der Waals surface area contributed by atoms with Gasteiger partial charge in [-0.2, -0.15) is 0 Å². The standard InChI is InChI=1S/C9H9BrClN/c1-3-6-4-7(10)8(11)5-9(6)12-2/h3-5,12H,1H2,2H3. The number of nitrogens with one attached hydrogen (secondary N) is 1. The molecule has 0 fully saturated rings. The Bertz CT molecular complexity index is 310. The second-order valence-corrected chi connectivity index (χ2v) is 3.57. The van der Waals surface area contributed by atoms with Gasteiger partial charge in [0, 0.05) is 17.2 Å². The highest BCUT2D eigenvalue weighted by Gasteiger charge is 2.02. The van der Waals surface area contributed by atoms with Crippen LogP contribution in [0.15, 0.2) is 23.2 Å². The quantitative estimate of drug-likeness (QED) is 0.837. The molecule has 0 bridgehead atoms. The van der Waals surface area contributed by atoms with Crippen molar-refractivity contribution in [3.8, 4) is 0 Å². The van der Waals surface area contributed by atoms with E-state index in [-0.39, 0.29) is 0 Å². The highest BCUT2D eigenvalue weighted by atomic mass is 79.9. The van der Waals surface area contributed by atoms with Crippen LogP contribution in [-0.4, -0.2) is 7.05 Å². The van der Waals surface area contributed by atoms with E-state index < -0.39 is 0 Å². The molecule has 0 radical (unpaired) electrons. The zero-order valence-electron chi connectivity index (χ0n) is 6.70. The Morgan fingerprint density at radius 2 is 2.25 bits per heavy atom. The van der Waals surface area contributed by atoms with Gasteiger partial charge in [-0.25, -0.2) is 0 Å². The van der Waals surface area contributed by atoms with Crippen molar-refractivity contribution in [2.75, 3.05) is 12.4 Å². The summed E-state index contributed by atoms with van der Waals surface area (Å²) in [6.07, 6.45) is 1.78. The molecule has 0 saturated carbocycles. The molecule has 0 amide bonds. The zero-order chi connectivity index (χ0) is 9.14. The number of anilines is 1. The fourth-order valence-corrected chi connectivity index (χ4v) is 1.47. The van der Waals surface area contributed by atoms with Crippen molar-refractivity contribution < 1.29 is 0 Å². The van der Waals surface area contributed by atoms with Crippen LogP contribution in [0.1, 0.15) is 5.56 Å². The summed E-state index contributed by atoms with van der Waals surface area (Å²) in [5.41, 5.74) is 2.02. The Morgan fingerprint density at radius 1 is 1.58 bits per heavy atom. The first-order chi connectivity index (χ1) is 5.69. The lowest BCUT2D eigenvalue weighted by molar-refractivity contribution is 1.48. The van der Waals surface area contributed by atoms with E-state index in [1.807, 2.05) is 19.2 Å². The average Bonchev–Trinajstić information content (AvgIpc) is 2.09. The van der Waals surface area contributed by atoms with E-state index in [2.05, 4.69) is 27.8 Å². The molecule has 3 heteroatoms. The predicted octanol–water partition coefficient (Wildman–Crippen LogP) is 3.79. The molecule has 0 heterocycles. The predicted molar refractivity (Wildman–Crippen MR) is 58.8 cm³/mol. The van der Waals surface area contributed by atoms with Gasteiger partial charge >= 0.3 is 0 Å². The Morgan fingerprint density at radius 3 is 2.75 bits per heavy atom. The molecule has 1 aromatic carbocycles. The van der Waals surface area contributed by atoms with E-state index >= 15 is 0 Å². The molecular weight excluding hydrogens is 237 g/mol. The maximum Gasteiger partial charge on any atom is 0.0569 e. The summed E-state index contributed by atoms with van der Waals surface area (Å²) in [5, 5.41) is 3.74. The van der Waals surface area contributed by atoms with Gasteiger partial charge in [0.1, 0.15) is 0 Å². The third kappa shape index (κ3) is 1.82. The van der Waals surface area contributed by atoms with Crippen molar-refractivity contribution in [2.24, 2.45) is 0 Å². The van der Waals surface area contributed by atoms with Crippen molar-refractivity contribution in [2.45, 2.75) is 0 Å². The van der Waals surface area contributed by atoms with E-state index in [9.17, 15) is 0 Å². The van der Waals surface area contributed by atoms with Crippen LogP contribution in [-0.2, 0) is 0 Å². The van der Waals surface area contributed by atoms with E-state index in [0.717, 1.165) is 15.7 Å². The van der Waals surface area contributed by atoms with Crippen molar-refractivity contribution in [3.05, 3.63) is 33.8 Å². The highest BCUT2D eigenvalue weighted by Crippen LogP contribution is 2.29. The second kappa shape index (κ2) is 3.97. The lowest BCUT2D eigenvalue weighted by Crippen LogP contribution is -1.91. The first kappa shape index (κ1) is 9.62. The van der Waals surface area contributed by atoms with Crippen LogP contribution >= 0.6 is 27.5 Å². The summed E-state index contributed by atoms with van der Waals surface area (Å²) in [4.78, 5) is 0. The number of rotatable bonds is 2. The first-order valence-electron chi connectivity index (χ1n) is 3.48. The number of hydrogen-bond acceptors (Lipinski definition) is 1. The number of hydrogen-bond donors (Lipinski definition) is 1. The molecule has 0 aromatic heterocycles. The smallest absolute Gasteiger partial charge is 0.0569 e. The molecule has 0 unspecified atom stereocenters. The molecular formula is C9H9BrClN. The van der Waals surface area contributed by atoms with E-state index in [1.54, 1.807) is 6.08 Å². The Labute approximate surface area is 85.6 Å². The minimum atomic E-state index is 0.699. The Hall–Kier alpha value is -0.470. The van der Waals surface area contributed by atoms with Gasteiger partial charge < -0.3 is 5.32 Å². The molecule has 12 heavy (non-hydrogen) atoms. The molecule has 0 atom stereocenters. The van der Waals surface area contributed by atoms with Crippen molar-refractivity contribution in [1.82, 2.24) is 0 Å². The summed E-state index contributed by atoms with van der Waals surface area (Å²) in [6.45, 7) is 3.71. The summed E-state index contributed by atoms with van der Waals surface area (Å²) in [5.74, 6) is 0. The topological polar surface area (TPSA) is 12.0 Å². The molecule has 0 saturated heterocycles. The van der Waals surface area contributed by atoms with Gasteiger partial charge in [0.15, 0.2) is 0 Å². The van der Waals surface area contributed by atoms with Gasteiger partial charge in [0.05, 0.1) is 5.02 Å². The third-order valence-electron chi connectivity index (χ3n) is 1.58. The second-order valence-electron chi connectivity index (χ2n) is 2.31. The molecule has 0 aliphatic heterocycles. The van der Waals surface area contributed by atoms with Crippen LogP contribution in [0.3, 0.4) is 0 Å². The van der Waals surface area contributed by atoms with Gasteiger partial charge in [0.25, 0.3) is 0 Å². The largest absolute Gasteiger partial charge is 0.388 e. The number of benzene rings is 1. The minimum absolute atomic E-state index is 0.699. The minimum Gasteiger partial charge on any atom is -0.388 e. The molecule has 0 aliphatic carbocycles. The molecule has 1 nitrogen and oxygen atoms in total. The molecule has 64 valence electrons. The van der Waals surface area contributed by atoms with Crippen molar-refractivity contribution >= 4 is 39.3 Å². The van der Waals surface area contributed by atoms with Crippen molar-refractivity contribution in [3.63, 3.8) is 0 Å². The molecule has 0 aliphatic rings.